The van der Waals surface area contributed by atoms with Crippen LogP contribution in [0.4, 0.5) is 0 Å². The summed E-state index contributed by atoms with van der Waals surface area (Å²) in [7, 11) is 1.42. The number of hydrazone groups is 1. The third kappa shape index (κ3) is 8.57. The third-order valence-corrected chi connectivity index (χ3v) is 6.15. The van der Waals surface area contributed by atoms with E-state index >= 15 is 0 Å². The van der Waals surface area contributed by atoms with Crippen LogP contribution in [0.5, 0.6) is 17.2 Å². The summed E-state index contributed by atoms with van der Waals surface area (Å²) in [6, 6.07) is 9.41. The van der Waals surface area contributed by atoms with Gasteiger partial charge in [0.15, 0.2) is 29.8 Å². The largest absolute Gasteiger partial charge is 0.493 e. The number of nitrogens with one attached hydrogen (secondary N) is 3. The van der Waals surface area contributed by atoms with E-state index in [1.807, 2.05) is 0 Å². The van der Waals surface area contributed by atoms with Crippen molar-refractivity contribution in [1.29, 1.82) is 0 Å². The Morgan fingerprint density at radius 1 is 1.07 bits per heavy atom. The lowest BCUT2D eigenvalue weighted by molar-refractivity contribution is -0.145. The predicted molar refractivity (Wildman–Crippen MR) is 159 cm³/mol. The molecular formula is C28H31ClN4O8S. The summed E-state index contributed by atoms with van der Waals surface area (Å²) in [5.41, 5.74) is 4.37. The first-order chi connectivity index (χ1) is 20.2. The number of hydrogen-bond acceptors (Lipinski definition) is 10. The molecule has 0 fully saturated rings. The third-order valence-electron chi connectivity index (χ3n) is 5.65. The number of ether oxygens (including phenoxy) is 5. The molecule has 0 unspecified atom stereocenters. The van der Waals surface area contributed by atoms with Gasteiger partial charge in [0.05, 0.1) is 43.2 Å². The van der Waals surface area contributed by atoms with E-state index in [-0.39, 0.29) is 42.9 Å². The quantitative estimate of drug-likeness (QED) is 0.132. The number of thiocarbonyl (C=S) groups is 1. The fourth-order valence-corrected chi connectivity index (χ4v) is 4.44. The van der Waals surface area contributed by atoms with Crippen LogP contribution in [0.15, 0.2) is 52.8 Å². The van der Waals surface area contributed by atoms with Crippen LogP contribution in [0.25, 0.3) is 0 Å². The van der Waals surface area contributed by atoms with E-state index in [9.17, 15) is 14.4 Å². The van der Waals surface area contributed by atoms with Gasteiger partial charge in [0.25, 0.3) is 5.91 Å². The van der Waals surface area contributed by atoms with E-state index in [1.165, 1.54) is 19.4 Å². The molecule has 1 amide bonds. The highest BCUT2D eigenvalue weighted by Gasteiger charge is 2.32. The van der Waals surface area contributed by atoms with Gasteiger partial charge in [-0.2, -0.15) is 5.10 Å². The molecule has 0 saturated carbocycles. The SMILES string of the molecule is CCOC(=O)COc1c(Cl)cc(C=NNC(=O)COc2ccccc2[C@@H]2NC(=S)NC(C)=C2C(=O)OCC)cc1OC. The molecule has 3 rings (SSSR count). The summed E-state index contributed by atoms with van der Waals surface area (Å²) in [4.78, 5) is 36.8. The number of nitrogens with zero attached hydrogens (tertiary/aromatic N) is 1. The van der Waals surface area contributed by atoms with E-state index in [4.69, 9.17) is 47.5 Å². The first-order valence-corrected chi connectivity index (χ1v) is 13.6. The zero-order valence-electron chi connectivity index (χ0n) is 23.4. The molecule has 0 saturated heterocycles. The zero-order valence-corrected chi connectivity index (χ0v) is 25.0. The molecular weight excluding hydrogens is 588 g/mol. The van der Waals surface area contributed by atoms with Crippen molar-refractivity contribution in [3.05, 3.63) is 63.8 Å². The maximum Gasteiger partial charge on any atom is 0.344 e. The Bertz CT molecular complexity index is 1400. The molecule has 1 atom stereocenters. The maximum atomic E-state index is 12.7. The number of para-hydroxylation sites is 1. The molecule has 2 aromatic carbocycles. The summed E-state index contributed by atoms with van der Waals surface area (Å²) < 4.78 is 26.6. The summed E-state index contributed by atoms with van der Waals surface area (Å²) in [6.45, 7) is 4.87. The average Bonchev–Trinajstić information content (AvgIpc) is 2.95. The molecule has 1 heterocycles. The van der Waals surface area contributed by atoms with Crippen LogP contribution < -0.4 is 30.3 Å². The van der Waals surface area contributed by atoms with E-state index < -0.39 is 23.9 Å². The van der Waals surface area contributed by atoms with Gasteiger partial charge >= 0.3 is 11.9 Å². The number of halogens is 1. The average molecular weight is 619 g/mol. The molecule has 0 bridgehead atoms. The number of benzene rings is 2. The maximum absolute atomic E-state index is 12.7. The Labute approximate surface area is 253 Å². The number of allylic oxidation sites excluding steroid dienone is 1. The summed E-state index contributed by atoms with van der Waals surface area (Å²) in [6.07, 6.45) is 1.36. The lowest BCUT2D eigenvalue weighted by Crippen LogP contribution is -2.45. The number of carbonyl (C=O) groups is 3. The first kappa shape index (κ1) is 32.2. The highest BCUT2D eigenvalue weighted by atomic mass is 35.5. The Hall–Kier alpha value is -4.36. The van der Waals surface area contributed by atoms with Gasteiger partial charge in [0.1, 0.15) is 5.75 Å². The fraction of sp³-hybridized carbons (Fsp3) is 0.321. The lowest BCUT2D eigenvalue weighted by atomic mass is 9.95. The Morgan fingerprint density at radius 3 is 2.52 bits per heavy atom. The number of carbonyl (C=O) groups excluding carboxylic acids is 3. The number of esters is 2. The van der Waals surface area contributed by atoms with Crippen molar-refractivity contribution in [2.75, 3.05) is 33.5 Å². The summed E-state index contributed by atoms with van der Waals surface area (Å²) in [5, 5.41) is 10.5. The van der Waals surface area contributed by atoms with Gasteiger partial charge in [-0.25, -0.2) is 15.0 Å². The molecule has 0 aliphatic carbocycles. The highest BCUT2D eigenvalue weighted by molar-refractivity contribution is 7.80. The summed E-state index contributed by atoms with van der Waals surface area (Å²) in [5.74, 6) is -0.796. The van der Waals surface area contributed by atoms with Crippen molar-refractivity contribution in [2.24, 2.45) is 5.10 Å². The van der Waals surface area contributed by atoms with Crippen LogP contribution in [-0.2, 0) is 23.9 Å². The highest BCUT2D eigenvalue weighted by Crippen LogP contribution is 2.36. The molecule has 0 spiro atoms. The second-order valence-corrected chi connectivity index (χ2v) is 9.35. The molecule has 3 N–H and O–H groups in total. The Balaban J connectivity index is 1.66. The molecule has 2 aromatic rings. The molecule has 42 heavy (non-hydrogen) atoms. The predicted octanol–water partition coefficient (Wildman–Crippen LogP) is 3.18. The molecule has 14 heteroatoms. The van der Waals surface area contributed by atoms with E-state index in [1.54, 1.807) is 51.1 Å². The van der Waals surface area contributed by atoms with Crippen LogP contribution in [-0.4, -0.2) is 62.7 Å². The first-order valence-electron chi connectivity index (χ1n) is 12.8. The Morgan fingerprint density at radius 2 is 1.81 bits per heavy atom. The molecule has 0 radical (unpaired) electrons. The van der Waals surface area contributed by atoms with Crippen LogP contribution >= 0.6 is 23.8 Å². The topological polar surface area (TPSA) is 146 Å². The normalized spacial score (nSPS) is 14.5. The van der Waals surface area contributed by atoms with Gasteiger partial charge in [0.2, 0.25) is 0 Å². The van der Waals surface area contributed by atoms with Gasteiger partial charge in [0, 0.05) is 11.3 Å². The van der Waals surface area contributed by atoms with Crippen molar-refractivity contribution >= 4 is 53.0 Å². The minimum Gasteiger partial charge on any atom is -0.493 e. The van der Waals surface area contributed by atoms with Gasteiger partial charge < -0.3 is 34.3 Å². The van der Waals surface area contributed by atoms with Crippen LogP contribution in [0.3, 0.4) is 0 Å². The zero-order chi connectivity index (χ0) is 30.6. The number of methoxy groups -OCH3 is 1. The lowest BCUT2D eigenvalue weighted by Gasteiger charge is -2.30. The second-order valence-electron chi connectivity index (χ2n) is 8.54. The van der Waals surface area contributed by atoms with Crippen LogP contribution in [0.1, 0.15) is 37.9 Å². The molecule has 0 aromatic heterocycles. The number of amides is 1. The van der Waals surface area contributed by atoms with Gasteiger partial charge in [-0.1, -0.05) is 29.8 Å². The second kappa shape index (κ2) is 15.6. The van der Waals surface area contributed by atoms with Gasteiger partial charge in [-0.15, -0.1) is 0 Å². The molecule has 1 aliphatic rings. The van der Waals surface area contributed by atoms with Crippen molar-refractivity contribution in [3.8, 4) is 17.2 Å². The fourth-order valence-electron chi connectivity index (χ4n) is 3.90. The molecule has 224 valence electrons. The standard InChI is InChI=1S/C28H31ClN4O8S/c1-5-38-23(35)15-41-26-19(29)11-17(12-21(26)37-4)13-30-33-22(34)14-40-20-10-8-7-9-18(20)25-24(27(36)39-6-2)16(3)31-28(42)32-25/h7-13,25H,5-6,14-15H2,1-4H3,(H,33,34)(H2,31,32,42)/t25-/m0/s1. The van der Waals surface area contributed by atoms with E-state index in [0.29, 0.717) is 33.3 Å². The van der Waals surface area contributed by atoms with Gasteiger partial charge in [-0.05, 0) is 56.8 Å². The minimum atomic E-state index is -0.654. The van der Waals surface area contributed by atoms with Crippen molar-refractivity contribution in [3.63, 3.8) is 0 Å². The molecule has 1 aliphatic heterocycles. The summed E-state index contributed by atoms with van der Waals surface area (Å²) >= 11 is 11.6. The van der Waals surface area contributed by atoms with Crippen molar-refractivity contribution < 1.29 is 38.1 Å². The smallest absolute Gasteiger partial charge is 0.344 e. The molecule has 12 nitrogen and oxygen atoms in total. The van der Waals surface area contributed by atoms with Crippen molar-refractivity contribution in [2.45, 2.75) is 26.8 Å². The Kier molecular flexibility index (Phi) is 11.9. The van der Waals surface area contributed by atoms with Gasteiger partial charge in [-0.3, -0.25) is 4.79 Å². The van der Waals surface area contributed by atoms with Crippen molar-refractivity contribution in [1.82, 2.24) is 16.1 Å². The van der Waals surface area contributed by atoms with Crippen LogP contribution in [0, 0.1) is 0 Å². The number of hydrogen-bond donors (Lipinski definition) is 3. The monoisotopic (exact) mass is 618 g/mol. The van der Waals surface area contributed by atoms with E-state index in [0.717, 1.165) is 0 Å². The van der Waals surface area contributed by atoms with Crippen LogP contribution in [0.2, 0.25) is 5.02 Å². The number of rotatable bonds is 13. The minimum absolute atomic E-state index is 0.167. The van der Waals surface area contributed by atoms with E-state index in [2.05, 4.69) is 21.2 Å².